The molecule has 1 amide bonds. The first-order valence-corrected chi connectivity index (χ1v) is 8.83. The Labute approximate surface area is 136 Å². The van der Waals surface area contributed by atoms with Crippen LogP contribution in [0.4, 0.5) is 0 Å². The largest absolute Gasteiger partial charge is 0.480 e. The third-order valence-electron chi connectivity index (χ3n) is 3.22. The molecule has 3 N–H and O–H groups in total. The molecule has 0 saturated carbocycles. The number of aliphatic carboxylic acids is 1. The molecule has 0 radical (unpaired) electrons. The van der Waals surface area contributed by atoms with E-state index in [0.29, 0.717) is 13.0 Å². The van der Waals surface area contributed by atoms with Crippen molar-refractivity contribution in [3.8, 4) is 0 Å². The average Bonchev–Trinajstić information content (AvgIpc) is 2.49. The van der Waals surface area contributed by atoms with Gasteiger partial charge in [0.2, 0.25) is 15.9 Å². The predicted molar refractivity (Wildman–Crippen MR) is 85.2 cm³/mol. The molecule has 1 aromatic carbocycles. The molecule has 0 aliphatic rings. The van der Waals surface area contributed by atoms with Crippen LogP contribution in [-0.2, 0) is 26.2 Å². The number of benzene rings is 1. The molecule has 8 heteroatoms. The molecule has 0 bridgehead atoms. The normalized spacial score (nSPS) is 12.6. The first kappa shape index (κ1) is 19.1. The quantitative estimate of drug-likeness (QED) is 0.625. The zero-order valence-corrected chi connectivity index (χ0v) is 14.0. The lowest BCUT2D eigenvalue weighted by atomic mass is 10.1. The number of carboxylic acid groups (broad SMARTS) is 1. The van der Waals surface area contributed by atoms with Gasteiger partial charge in [0.15, 0.2) is 0 Å². The smallest absolute Gasteiger partial charge is 0.321 e. The molecule has 0 aliphatic heterocycles. The number of carbonyl (C=O) groups excluding carboxylic acids is 1. The van der Waals surface area contributed by atoms with Gasteiger partial charge in [0.1, 0.15) is 6.04 Å². The Bertz CT molecular complexity index is 640. The summed E-state index contributed by atoms with van der Waals surface area (Å²) in [7, 11) is -3.90. The highest BCUT2D eigenvalue weighted by molar-refractivity contribution is 7.89. The second-order valence-corrected chi connectivity index (χ2v) is 6.92. The van der Waals surface area contributed by atoms with Crippen LogP contribution in [0.15, 0.2) is 29.2 Å². The molecule has 23 heavy (non-hydrogen) atoms. The Morgan fingerprint density at radius 3 is 2.30 bits per heavy atom. The van der Waals surface area contributed by atoms with Gasteiger partial charge in [-0.1, -0.05) is 31.9 Å². The standard InChI is InChI=1S/C15H22N2O5S/c1-3-4-5-14(15(19)20)17-23(21,22)13-8-6-12(7-9-13)10-16-11(2)18/h6-9,14,17H,3-5,10H2,1-2H3,(H,16,18)(H,19,20)/t14-/m0/s1. The number of nitrogens with one attached hydrogen (secondary N) is 2. The molecule has 7 nitrogen and oxygen atoms in total. The highest BCUT2D eigenvalue weighted by atomic mass is 32.2. The van der Waals surface area contributed by atoms with Gasteiger partial charge in [-0.3, -0.25) is 9.59 Å². The molecular weight excluding hydrogens is 320 g/mol. The number of carbonyl (C=O) groups is 2. The Hall–Kier alpha value is -1.93. The summed E-state index contributed by atoms with van der Waals surface area (Å²) < 4.78 is 26.7. The topological polar surface area (TPSA) is 113 Å². The van der Waals surface area contributed by atoms with Crippen LogP contribution in [0.3, 0.4) is 0 Å². The summed E-state index contributed by atoms with van der Waals surface area (Å²) in [6.45, 7) is 3.60. The number of unbranched alkanes of at least 4 members (excludes halogenated alkanes) is 1. The molecule has 1 atom stereocenters. The third kappa shape index (κ3) is 6.37. The van der Waals surface area contributed by atoms with Crippen LogP contribution in [0.25, 0.3) is 0 Å². The van der Waals surface area contributed by atoms with E-state index in [1.165, 1.54) is 19.1 Å². The van der Waals surface area contributed by atoms with Crippen molar-refractivity contribution in [3.63, 3.8) is 0 Å². The number of hydrogen-bond donors (Lipinski definition) is 3. The Balaban J connectivity index is 2.82. The van der Waals surface area contributed by atoms with Gasteiger partial charge >= 0.3 is 5.97 Å². The number of hydrogen-bond acceptors (Lipinski definition) is 4. The van der Waals surface area contributed by atoms with Crippen molar-refractivity contribution >= 4 is 21.9 Å². The number of rotatable bonds is 9. The summed E-state index contributed by atoms with van der Waals surface area (Å²) in [6, 6.07) is 4.79. The first-order chi connectivity index (χ1) is 10.8. The van der Waals surface area contributed by atoms with Crippen LogP contribution in [0.2, 0.25) is 0 Å². The molecular formula is C15H22N2O5S. The molecule has 0 aliphatic carbocycles. The van der Waals surface area contributed by atoms with Gasteiger partial charge in [-0.05, 0) is 24.1 Å². The lowest BCUT2D eigenvalue weighted by Gasteiger charge is -2.14. The van der Waals surface area contributed by atoms with Crippen molar-refractivity contribution in [1.82, 2.24) is 10.0 Å². The molecule has 128 valence electrons. The van der Waals surface area contributed by atoms with E-state index in [-0.39, 0.29) is 17.2 Å². The van der Waals surface area contributed by atoms with Gasteiger partial charge < -0.3 is 10.4 Å². The predicted octanol–water partition coefficient (Wildman–Crippen LogP) is 1.24. The van der Waals surface area contributed by atoms with E-state index in [1.807, 2.05) is 6.92 Å². The van der Waals surface area contributed by atoms with Crippen LogP contribution in [0.1, 0.15) is 38.7 Å². The van der Waals surface area contributed by atoms with E-state index in [1.54, 1.807) is 12.1 Å². The SMILES string of the molecule is CCCC[C@H](NS(=O)(=O)c1ccc(CNC(C)=O)cc1)C(=O)O. The molecule has 0 fully saturated rings. The minimum absolute atomic E-state index is 0.00757. The van der Waals surface area contributed by atoms with E-state index in [2.05, 4.69) is 10.0 Å². The van der Waals surface area contributed by atoms with Gasteiger partial charge in [0, 0.05) is 13.5 Å². The first-order valence-electron chi connectivity index (χ1n) is 7.34. The fraction of sp³-hybridized carbons (Fsp3) is 0.467. The van der Waals surface area contributed by atoms with Crippen LogP contribution < -0.4 is 10.0 Å². The second-order valence-electron chi connectivity index (χ2n) is 5.21. The maximum absolute atomic E-state index is 12.2. The minimum Gasteiger partial charge on any atom is -0.480 e. The van der Waals surface area contributed by atoms with Crippen molar-refractivity contribution in [3.05, 3.63) is 29.8 Å². The van der Waals surface area contributed by atoms with Gasteiger partial charge in [0.05, 0.1) is 4.90 Å². The summed E-state index contributed by atoms with van der Waals surface area (Å²) in [5, 5.41) is 11.7. The van der Waals surface area contributed by atoms with Crippen LogP contribution in [-0.4, -0.2) is 31.4 Å². The van der Waals surface area contributed by atoms with Gasteiger partial charge in [-0.25, -0.2) is 8.42 Å². The average molecular weight is 342 g/mol. The van der Waals surface area contributed by atoms with E-state index >= 15 is 0 Å². The number of carboxylic acids is 1. The van der Waals surface area contributed by atoms with E-state index in [0.717, 1.165) is 12.0 Å². The lowest BCUT2D eigenvalue weighted by molar-refractivity contribution is -0.139. The minimum atomic E-state index is -3.90. The molecule has 0 aromatic heterocycles. The van der Waals surface area contributed by atoms with E-state index < -0.39 is 22.0 Å². The molecule has 0 unspecified atom stereocenters. The van der Waals surface area contributed by atoms with Crippen LogP contribution in [0, 0.1) is 0 Å². The van der Waals surface area contributed by atoms with Gasteiger partial charge in [-0.15, -0.1) is 0 Å². The Morgan fingerprint density at radius 2 is 1.83 bits per heavy atom. The summed E-state index contributed by atoms with van der Waals surface area (Å²) in [5.41, 5.74) is 0.750. The highest BCUT2D eigenvalue weighted by Gasteiger charge is 2.24. The highest BCUT2D eigenvalue weighted by Crippen LogP contribution is 2.13. The summed E-state index contributed by atoms with van der Waals surface area (Å²) >= 11 is 0. The number of sulfonamides is 1. The van der Waals surface area contributed by atoms with Crippen molar-refractivity contribution in [2.45, 2.75) is 50.6 Å². The lowest BCUT2D eigenvalue weighted by Crippen LogP contribution is -2.40. The Kier molecular flexibility index (Phi) is 7.18. The Morgan fingerprint density at radius 1 is 1.22 bits per heavy atom. The number of amides is 1. The van der Waals surface area contributed by atoms with Crippen molar-refractivity contribution in [2.24, 2.45) is 0 Å². The zero-order chi connectivity index (χ0) is 17.5. The third-order valence-corrected chi connectivity index (χ3v) is 4.70. The summed E-state index contributed by atoms with van der Waals surface area (Å²) in [5.74, 6) is -1.37. The summed E-state index contributed by atoms with van der Waals surface area (Å²) in [4.78, 5) is 22.0. The van der Waals surface area contributed by atoms with E-state index in [9.17, 15) is 18.0 Å². The summed E-state index contributed by atoms with van der Waals surface area (Å²) in [6.07, 6.45) is 1.64. The maximum atomic E-state index is 12.2. The zero-order valence-electron chi connectivity index (χ0n) is 13.2. The monoisotopic (exact) mass is 342 g/mol. The fourth-order valence-electron chi connectivity index (χ4n) is 1.91. The van der Waals surface area contributed by atoms with E-state index in [4.69, 9.17) is 5.11 Å². The molecule has 0 spiro atoms. The van der Waals surface area contributed by atoms with Crippen molar-refractivity contribution in [2.75, 3.05) is 0 Å². The second kappa shape index (κ2) is 8.64. The maximum Gasteiger partial charge on any atom is 0.321 e. The van der Waals surface area contributed by atoms with Gasteiger partial charge in [0.25, 0.3) is 0 Å². The van der Waals surface area contributed by atoms with Gasteiger partial charge in [-0.2, -0.15) is 4.72 Å². The fourth-order valence-corrected chi connectivity index (χ4v) is 3.13. The van der Waals surface area contributed by atoms with Crippen LogP contribution >= 0.6 is 0 Å². The van der Waals surface area contributed by atoms with Crippen LogP contribution in [0.5, 0.6) is 0 Å². The molecule has 0 saturated heterocycles. The van der Waals surface area contributed by atoms with Crippen molar-refractivity contribution in [1.29, 1.82) is 0 Å². The molecule has 0 heterocycles. The van der Waals surface area contributed by atoms with Crippen molar-refractivity contribution < 1.29 is 23.1 Å². The molecule has 1 rings (SSSR count). The molecule has 1 aromatic rings.